The van der Waals surface area contributed by atoms with E-state index in [2.05, 4.69) is 206 Å². The summed E-state index contributed by atoms with van der Waals surface area (Å²) in [4.78, 5) is 2.37. The summed E-state index contributed by atoms with van der Waals surface area (Å²) in [5.74, 6) is 0. The van der Waals surface area contributed by atoms with Crippen molar-refractivity contribution in [2.24, 2.45) is 0 Å². The summed E-state index contributed by atoms with van der Waals surface area (Å²) < 4.78 is 6.85. The number of furan rings is 1. The van der Waals surface area contributed by atoms with Crippen molar-refractivity contribution in [1.82, 2.24) is 0 Å². The molecular weight excluding hydrogens is 643 g/mol. The molecule has 9 aromatic rings. The molecule has 0 spiro atoms. The van der Waals surface area contributed by atoms with Crippen LogP contribution in [0.5, 0.6) is 0 Å². The lowest BCUT2D eigenvalue weighted by Crippen LogP contribution is -2.19. The highest BCUT2D eigenvalue weighted by Crippen LogP contribution is 2.44. The van der Waals surface area contributed by atoms with Crippen molar-refractivity contribution in [2.45, 2.75) is 18.8 Å². The molecule has 0 aliphatic heterocycles. The summed E-state index contributed by atoms with van der Waals surface area (Å²) in [5, 5.41) is 7.17. The van der Waals surface area contributed by atoms with E-state index in [1.807, 2.05) is 0 Å². The van der Waals surface area contributed by atoms with Gasteiger partial charge in [-0.3, -0.25) is 0 Å². The largest absolute Gasteiger partial charge is 0.455 e. The summed E-state index contributed by atoms with van der Waals surface area (Å²) in [5.41, 5.74) is 11.1. The first-order chi connectivity index (χ1) is 26.1. The van der Waals surface area contributed by atoms with Crippen LogP contribution in [0.1, 0.15) is 18.9 Å². The fraction of sp³-hybridized carbons (Fsp3) is 0.0588. The molecule has 10 rings (SSSR count). The van der Waals surface area contributed by atoms with E-state index in [4.69, 9.17) is 4.42 Å². The summed E-state index contributed by atoms with van der Waals surface area (Å²) in [7, 11) is 0. The second-order valence-corrected chi connectivity index (χ2v) is 14.4. The molecule has 0 radical (unpaired) electrons. The van der Waals surface area contributed by atoms with E-state index in [0.29, 0.717) is 0 Å². The topological polar surface area (TPSA) is 16.4 Å². The fourth-order valence-electron chi connectivity index (χ4n) is 8.25. The van der Waals surface area contributed by atoms with Crippen molar-refractivity contribution < 1.29 is 4.42 Å². The normalized spacial score (nSPS) is 15.5. The Balaban J connectivity index is 1.03. The quantitative estimate of drug-likeness (QED) is 0.174. The fourth-order valence-corrected chi connectivity index (χ4v) is 8.25. The summed E-state index contributed by atoms with van der Waals surface area (Å²) >= 11 is 0. The van der Waals surface area contributed by atoms with E-state index in [0.717, 1.165) is 51.2 Å². The van der Waals surface area contributed by atoms with Gasteiger partial charge in [-0.2, -0.15) is 0 Å². The number of hydrogen-bond acceptors (Lipinski definition) is 2. The molecule has 2 heteroatoms. The smallest absolute Gasteiger partial charge is 0.143 e. The maximum absolute atomic E-state index is 6.85. The van der Waals surface area contributed by atoms with Gasteiger partial charge >= 0.3 is 0 Å². The summed E-state index contributed by atoms with van der Waals surface area (Å²) in [6, 6.07) is 61.4. The minimum atomic E-state index is -0.102. The third-order valence-electron chi connectivity index (χ3n) is 11.0. The van der Waals surface area contributed by atoms with Crippen LogP contribution in [0.15, 0.2) is 199 Å². The minimum Gasteiger partial charge on any atom is -0.455 e. The van der Waals surface area contributed by atoms with Crippen LogP contribution in [-0.4, -0.2) is 0 Å². The Bertz CT molecular complexity index is 2890. The van der Waals surface area contributed by atoms with Crippen LogP contribution >= 0.6 is 0 Å². The Hall–Kier alpha value is -6.64. The number of benzene rings is 8. The SMILES string of the molecule is CC1(c2cccc3c2oc2c(-c4cccc(-c5ccc6cc(N(c7ccccc7)c7cccc8ccccc78)ccc6c5)c4)cccc23)C=CC=CC1. The molecule has 0 bridgehead atoms. The molecule has 1 aliphatic carbocycles. The molecule has 2 nitrogen and oxygen atoms in total. The Morgan fingerprint density at radius 3 is 2.08 bits per heavy atom. The van der Waals surface area contributed by atoms with Crippen LogP contribution in [0.2, 0.25) is 0 Å². The van der Waals surface area contributed by atoms with Gasteiger partial charge in [0.25, 0.3) is 0 Å². The van der Waals surface area contributed by atoms with Crippen LogP contribution in [0.4, 0.5) is 17.1 Å². The number of anilines is 3. The molecule has 53 heavy (non-hydrogen) atoms. The zero-order valence-corrected chi connectivity index (χ0v) is 29.5. The van der Waals surface area contributed by atoms with Crippen molar-refractivity contribution in [1.29, 1.82) is 0 Å². The second-order valence-electron chi connectivity index (χ2n) is 14.4. The molecule has 0 amide bonds. The number of hydrogen-bond donors (Lipinski definition) is 0. The van der Waals surface area contributed by atoms with Gasteiger partial charge in [0.05, 0.1) is 5.69 Å². The standard InChI is InChI=1S/C51H37NO/c1-51(30-8-3-9-31-51)47-24-13-23-46-45-22-12-21-44(49(45)53-50(46)47)40-17-10-16-36(33-40)37-26-27-39-34-42(29-28-38(39)32-37)52(41-18-4-2-5-19-41)48-25-11-15-35-14-6-7-20-43(35)48/h2-30,32-34H,31H2,1H3. The number of rotatable bonds is 6. The average Bonchev–Trinajstić information content (AvgIpc) is 3.61. The van der Waals surface area contributed by atoms with Gasteiger partial charge in [0.2, 0.25) is 0 Å². The number of allylic oxidation sites excluding steroid dienone is 4. The lowest BCUT2D eigenvalue weighted by atomic mass is 9.77. The third kappa shape index (κ3) is 5.34. The second kappa shape index (κ2) is 12.5. The molecule has 0 saturated carbocycles. The van der Waals surface area contributed by atoms with E-state index in [-0.39, 0.29) is 5.41 Å². The van der Waals surface area contributed by atoms with Crippen molar-refractivity contribution >= 4 is 60.5 Å². The molecule has 0 saturated heterocycles. The number of nitrogens with zero attached hydrogens (tertiary/aromatic N) is 1. The minimum absolute atomic E-state index is 0.102. The zero-order chi connectivity index (χ0) is 35.4. The number of fused-ring (bicyclic) bond motifs is 5. The van der Waals surface area contributed by atoms with E-state index in [1.54, 1.807) is 0 Å². The van der Waals surface area contributed by atoms with E-state index in [9.17, 15) is 0 Å². The van der Waals surface area contributed by atoms with Gasteiger partial charge in [-0.05, 0) is 81.7 Å². The monoisotopic (exact) mass is 679 g/mol. The van der Waals surface area contributed by atoms with Crippen molar-refractivity contribution in [3.8, 4) is 22.3 Å². The van der Waals surface area contributed by atoms with E-state index >= 15 is 0 Å². The van der Waals surface area contributed by atoms with Gasteiger partial charge in [0.1, 0.15) is 11.2 Å². The van der Waals surface area contributed by atoms with E-state index in [1.165, 1.54) is 43.6 Å². The summed E-state index contributed by atoms with van der Waals surface area (Å²) in [6.45, 7) is 2.30. The molecule has 8 aromatic carbocycles. The van der Waals surface area contributed by atoms with Gasteiger partial charge in [-0.25, -0.2) is 0 Å². The summed E-state index contributed by atoms with van der Waals surface area (Å²) in [6.07, 6.45) is 9.78. The lowest BCUT2D eigenvalue weighted by molar-refractivity contribution is 0.581. The molecule has 1 aliphatic rings. The molecule has 1 unspecified atom stereocenters. The Morgan fingerprint density at radius 2 is 1.19 bits per heavy atom. The molecule has 0 fully saturated rings. The highest BCUT2D eigenvalue weighted by Gasteiger charge is 2.28. The highest BCUT2D eigenvalue weighted by molar-refractivity contribution is 6.11. The average molecular weight is 680 g/mol. The molecular formula is C51H37NO. The zero-order valence-electron chi connectivity index (χ0n) is 29.5. The maximum Gasteiger partial charge on any atom is 0.143 e. The highest BCUT2D eigenvalue weighted by atomic mass is 16.3. The van der Waals surface area contributed by atoms with Crippen LogP contribution in [0.3, 0.4) is 0 Å². The van der Waals surface area contributed by atoms with Crippen molar-refractivity contribution in [3.63, 3.8) is 0 Å². The van der Waals surface area contributed by atoms with Crippen LogP contribution < -0.4 is 4.90 Å². The van der Waals surface area contributed by atoms with Gasteiger partial charge < -0.3 is 9.32 Å². The molecule has 252 valence electrons. The Morgan fingerprint density at radius 1 is 0.491 bits per heavy atom. The third-order valence-corrected chi connectivity index (χ3v) is 11.0. The van der Waals surface area contributed by atoms with Gasteiger partial charge in [0, 0.05) is 44.1 Å². The van der Waals surface area contributed by atoms with Gasteiger partial charge in [0.15, 0.2) is 0 Å². The van der Waals surface area contributed by atoms with Crippen LogP contribution in [-0.2, 0) is 5.41 Å². The van der Waals surface area contributed by atoms with Gasteiger partial charge in [-0.1, -0.05) is 159 Å². The first-order valence-electron chi connectivity index (χ1n) is 18.4. The molecule has 1 aromatic heterocycles. The predicted molar refractivity (Wildman–Crippen MR) is 225 cm³/mol. The first kappa shape index (κ1) is 31.1. The van der Waals surface area contributed by atoms with E-state index < -0.39 is 0 Å². The lowest BCUT2D eigenvalue weighted by Gasteiger charge is -2.27. The first-order valence-corrected chi connectivity index (χ1v) is 18.4. The molecule has 0 N–H and O–H groups in total. The van der Waals surface area contributed by atoms with Crippen LogP contribution in [0.25, 0.3) is 65.7 Å². The number of para-hydroxylation sites is 3. The Kier molecular flexibility index (Phi) is 7.37. The van der Waals surface area contributed by atoms with Gasteiger partial charge in [-0.15, -0.1) is 0 Å². The van der Waals surface area contributed by atoms with Crippen LogP contribution in [0, 0.1) is 0 Å². The molecule has 1 heterocycles. The maximum atomic E-state index is 6.85. The predicted octanol–water partition coefficient (Wildman–Crippen LogP) is 14.5. The van der Waals surface area contributed by atoms with Crippen molar-refractivity contribution in [2.75, 3.05) is 4.90 Å². The molecule has 1 atom stereocenters. The van der Waals surface area contributed by atoms with Crippen molar-refractivity contribution in [3.05, 3.63) is 200 Å². The Labute approximate surface area is 309 Å².